The van der Waals surface area contributed by atoms with Crippen molar-refractivity contribution in [3.8, 4) is 11.5 Å². The van der Waals surface area contributed by atoms with E-state index >= 15 is 0 Å². The average Bonchev–Trinajstić information content (AvgIpc) is 3.43. The van der Waals surface area contributed by atoms with Gasteiger partial charge in [0.15, 0.2) is 6.29 Å². The van der Waals surface area contributed by atoms with Gasteiger partial charge in [0.2, 0.25) is 0 Å². The van der Waals surface area contributed by atoms with Crippen molar-refractivity contribution in [3.05, 3.63) is 84.4 Å². The lowest BCUT2D eigenvalue weighted by Gasteiger charge is -2.27. The molecule has 0 saturated heterocycles. The van der Waals surface area contributed by atoms with E-state index in [1.165, 1.54) is 12.8 Å². The van der Waals surface area contributed by atoms with Crippen LogP contribution in [0.15, 0.2) is 78.9 Å². The van der Waals surface area contributed by atoms with Crippen LogP contribution in [-0.4, -0.2) is 39.2 Å². The first-order valence-electron chi connectivity index (χ1n) is 12.3. The number of anilines is 2. The van der Waals surface area contributed by atoms with Crippen molar-refractivity contribution in [2.45, 2.75) is 44.7 Å². The summed E-state index contributed by atoms with van der Waals surface area (Å²) in [5, 5.41) is 2.96. The van der Waals surface area contributed by atoms with Gasteiger partial charge in [-0.05, 0) is 79.8 Å². The van der Waals surface area contributed by atoms with E-state index in [-0.39, 0.29) is 18.7 Å². The summed E-state index contributed by atoms with van der Waals surface area (Å²) >= 11 is 0. The molecule has 7 heteroatoms. The maximum atomic E-state index is 13.3. The summed E-state index contributed by atoms with van der Waals surface area (Å²) in [6, 6.07) is 24.6. The van der Waals surface area contributed by atoms with E-state index < -0.39 is 6.29 Å². The Balaban J connectivity index is 1.40. The Kier molecular flexibility index (Phi) is 9.19. The fourth-order valence-electron chi connectivity index (χ4n) is 4.17. The summed E-state index contributed by atoms with van der Waals surface area (Å²) in [6.45, 7) is 0.705. The fraction of sp³-hybridized carbons (Fsp3) is 0.345. The van der Waals surface area contributed by atoms with Crippen LogP contribution in [0.2, 0.25) is 0 Å². The van der Waals surface area contributed by atoms with Crippen LogP contribution in [0.5, 0.6) is 11.5 Å². The van der Waals surface area contributed by atoms with Crippen LogP contribution < -0.4 is 19.7 Å². The molecule has 0 bridgehead atoms. The van der Waals surface area contributed by atoms with E-state index in [0.29, 0.717) is 18.0 Å². The number of carbonyl (C=O) groups is 1. The molecule has 1 fully saturated rings. The number of benzene rings is 3. The highest BCUT2D eigenvalue weighted by molar-refractivity contribution is 6.01. The SMILES string of the molecule is COC(CN(C(=O)Nc1ccc(OCc2ccccc2)cc1)c1ccc(OC2CCCC2)cc1)OC. The van der Waals surface area contributed by atoms with Gasteiger partial charge in [0.05, 0.1) is 12.6 Å². The molecule has 0 unspecified atom stereocenters. The Labute approximate surface area is 212 Å². The van der Waals surface area contributed by atoms with E-state index in [1.54, 1.807) is 19.1 Å². The Morgan fingerprint density at radius 3 is 2.17 bits per heavy atom. The topological polar surface area (TPSA) is 69.3 Å². The number of amides is 2. The van der Waals surface area contributed by atoms with E-state index in [0.717, 1.165) is 29.9 Å². The highest BCUT2D eigenvalue weighted by Gasteiger charge is 2.22. The molecule has 1 aliphatic rings. The standard InChI is InChI=1S/C29H34N2O5/c1-33-28(34-2)20-31(24-14-18-27(19-15-24)36-26-10-6-7-11-26)29(32)30-23-12-16-25(17-13-23)35-21-22-8-4-3-5-9-22/h3-5,8-9,12-19,26,28H,6-7,10-11,20-21H2,1-2H3,(H,30,32). The van der Waals surface area contributed by atoms with Crippen molar-refractivity contribution >= 4 is 17.4 Å². The number of urea groups is 1. The third-order valence-corrected chi connectivity index (χ3v) is 6.21. The van der Waals surface area contributed by atoms with Gasteiger partial charge in [0, 0.05) is 25.6 Å². The number of hydrogen-bond acceptors (Lipinski definition) is 5. The van der Waals surface area contributed by atoms with Gasteiger partial charge in [-0.3, -0.25) is 4.90 Å². The third-order valence-electron chi connectivity index (χ3n) is 6.21. The predicted molar refractivity (Wildman–Crippen MR) is 141 cm³/mol. The highest BCUT2D eigenvalue weighted by atomic mass is 16.7. The lowest BCUT2D eigenvalue weighted by Crippen LogP contribution is -2.41. The van der Waals surface area contributed by atoms with Crippen molar-refractivity contribution in [1.82, 2.24) is 0 Å². The summed E-state index contributed by atoms with van der Waals surface area (Å²) in [6.07, 6.45) is 4.32. The predicted octanol–water partition coefficient (Wildman–Crippen LogP) is 6.24. The Hall–Kier alpha value is -3.55. The molecule has 1 N–H and O–H groups in total. The molecule has 0 atom stereocenters. The third kappa shape index (κ3) is 7.23. The molecule has 0 heterocycles. The lowest BCUT2D eigenvalue weighted by atomic mass is 10.2. The molecule has 3 aromatic carbocycles. The minimum Gasteiger partial charge on any atom is -0.490 e. The van der Waals surface area contributed by atoms with Crippen LogP contribution in [0.4, 0.5) is 16.2 Å². The molecule has 1 saturated carbocycles. The second-order valence-electron chi connectivity index (χ2n) is 8.76. The molecule has 0 radical (unpaired) electrons. The molecule has 7 nitrogen and oxygen atoms in total. The molecule has 3 aromatic rings. The molecule has 190 valence electrons. The molecule has 0 aromatic heterocycles. The first-order chi connectivity index (χ1) is 17.6. The number of nitrogens with zero attached hydrogens (tertiary/aromatic N) is 1. The largest absolute Gasteiger partial charge is 0.490 e. The Bertz CT molecular complexity index is 1060. The Morgan fingerprint density at radius 2 is 1.53 bits per heavy atom. The van der Waals surface area contributed by atoms with Gasteiger partial charge < -0.3 is 24.3 Å². The summed E-state index contributed by atoms with van der Waals surface area (Å²) < 4.78 is 22.6. The van der Waals surface area contributed by atoms with Gasteiger partial charge in [0.25, 0.3) is 0 Å². The first-order valence-corrected chi connectivity index (χ1v) is 12.3. The number of rotatable bonds is 11. The summed E-state index contributed by atoms with van der Waals surface area (Å²) in [7, 11) is 3.11. The van der Waals surface area contributed by atoms with Gasteiger partial charge in [0.1, 0.15) is 18.1 Å². The van der Waals surface area contributed by atoms with Crippen LogP contribution >= 0.6 is 0 Å². The zero-order valence-electron chi connectivity index (χ0n) is 20.9. The number of nitrogens with one attached hydrogen (secondary N) is 1. The van der Waals surface area contributed by atoms with Crippen molar-refractivity contribution in [3.63, 3.8) is 0 Å². The molecule has 36 heavy (non-hydrogen) atoms. The normalized spacial score (nSPS) is 13.5. The molecule has 1 aliphatic carbocycles. The maximum absolute atomic E-state index is 13.3. The molecule has 0 aliphatic heterocycles. The number of ether oxygens (including phenoxy) is 4. The second kappa shape index (κ2) is 13.0. The quantitative estimate of drug-likeness (QED) is 0.322. The smallest absolute Gasteiger partial charge is 0.326 e. The molecular formula is C29H34N2O5. The summed E-state index contributed by atoms with van der Waals surface area (Å²) in [4.78, 5) is 14.9. The number of hydrogen-bond donors (Lipinski definition) is 1. The summed E-state index contributed by atoms with van der Waals surface area (Å²) in [5.74, 6) is 1.54. The van der Waals surface area contributed by atoms with Gasteiger partial charge in [-0.25, -0.2) is 4.79 Å². The van der Waals surface area contributed by atoms with E-state index in [9.17, 15) is 4.79 Å². The molecular weight excluding hydrogens is 456 g/mol. The van der Waals surface area contributed by atoms with Crippen molar-refractivity contribution in [2.24, 2.45) is 0 Å². The minimum absolute atomic E-state index is 0.222. The second-order valence-corrected chi connectivity index (χ2v) is 8.76. The van der Waals surface area contributed by atoms with Crippen molar-refractivity contribution < 1.29 is 23.7 Å². The first kappa shape index (κ1) is 25.5. The van der Waals surface area contributed by atoms with Crippen molar-refractivity contribution in [1.29, 1.82) is 0 Å². The fourth-order valence-corrected chi connectivity index (χ4v) is 4.17. The monoisotopic (exact) mass is 490 g/mol. The minimum atomic E-state index is -0.570. The van der Waals surface area contributed by atoms with Crippen LogP contribution in [0.25, 0.3) is 0 Å². The van der Waals surface area contributed by atoms with E-state index in [1.807, 2.05) is 78.9 Å². The van der Waals surface area contributed by atoms with Crippen molar-refractivity contribution in [2.75, 3.05) is 31.0 Å². The van der Waals surface area contributed by atoms with E-state index in [2.05, 4.69) is 5.32 Å². The molecule has 2 amide bonds. The van der Waals surface area contributed by atoms with E-state index in [4.69, 9.17) is 18.9 Å². The van der Waals surface area contributed by atoms with Crippen LogP contribution in [-0.2, 0) is 16.1 Å². The number of carbonyl (C=O) groups excluding carboxylic acids is 1. The Morgan fingerprint density at radius 1 is 0.889 bits per heavy atom. The molecule has 4 rings (SSSR count). The van der Waals surface area contributed by atoms with Gasteiger partial charge >= 0.3 is 6.03 Å². The maximum Gasteiger partial charge on any atom is 0.326 e. The zero-order chi connectivity index (χ0) is 25.2. The highest BCUT2D eigenvalue weighted by Crippen LogP contribution is 2.27. The van der Waals surface area contributed by atoms with Crippen LogP contribution in [0.3, 0.4) is 0 Å². The molecule has 0 spiro atoms. The lowest BCUT2D eigenvalue weighted by molar-refractivity contribution is -0.0938. The van der Waals surface area contributed by atoms with Crippen LogP contribution in [0, 0.1) is 0 Å². The van der Waals surface area contributed by atoms with Crippen LogP contribution in [0.1, 0.15) is 31.2 Å². The van der Waals surface area contributed by atoms with Gasteiger partial charge in [-0.15, -0.1) is 0 Å². The summed E-state index contributed by atoms with van der Waals surface area (Å²) in [5.41, 5.74) is 2.47. The zero-order valence-corrected chi connectivity index (χ0v) is 20.9. The van der Waals surface area contributed by atoms with Gasteiger partial charge in [-0.2, -0.15) is 0 Å². The average molecular weight is 491 g/mol. The van der Waals surface area contributed by atoms with Gasteiger partial charge in [-0.1, -0.05) is 30.3 Å². The number of methoxy groups -OCH3 is 2.